The summed E-state index contributed by atoms with van der Waals surface area (Å²) in [5.41, 5.74) is -6.35. The van der Waals surface area contributed by atoms with Crippen molar-refractivity contribution < 1.29 is 46.2 Å². The largest absolute Gasteiger partial charge is 0.465 e. The molecule has 1 rings (SSSR count). The quantitative estimate of drug-likeness (QED) is 0.464. The van der Waals surface area contributed by atoms with Crippen LogP contribution in [-0.2, 0) is 27.1 Å². The van der Waals surface area contributed by atoms with Crippen LogP contribution in [0, 0.1) is 0 Å². The van der Waals surface area contributed by atoms with E-state index in [0.29, 0.717) is 0 Å². The SMILES string of the molecule is COC(=O)c1c(CF)nc(C(F)(F)F)c(C(=O)OC)c1C(=O)OC. The molecule has 0 saturated heterocycles. The lowest BCUT2D eigenvalue weighted by molar-refractivity contribution is -0.141. The van der Waals surface area contributed by atoms with E-state index in [-0.39, 0.29) is 0 Å². The Morgan fingerprint density at radius 2 is 1.29 bits per heavy atom. The van der Waals surface area contributed by atoms with Crippen LogP contribution in [0.3, 0.4) is 0 Å². The summed E-state index contributed by atoms with van der Waals surface area (Å²) in [5, 5.41) is 0. The molecule has 24 heavy (non-hydrogen) atoms. The van der Waals surface area contributed by atoms with E-state index in [2.05, 4.69) is 19.2 Å². The number of rotatable bonds is 4. The molecule has 0 aliphatic rings. The van der Waals surface area contributed by atoms with Gasteiger partial charge in [-0.25, -0.2) is 23.8 Å². The molecule has 0 spiro atoms. The summed E-state index contributed by atoms with van der Waals surface area (Å²) in [6.45, 7) is -1.63. The van der Waals surface area contributed by atoms with Crippen molar-refractivity contribution in [3.63, 3.8) is 0 Å². The molecular weight excluding hydrogens is 342 g/mol. The molecule has 0 aliphatic carbocycles. The van der Waals surface area contributed by atoms with E-state index >= 15 is 0 Å². The van der Waals surface area contributed by atoms with Crippen molar-refractivity contribution in [3.05, 3.63) is 28.1 Å². The van der Waals surface area contributed by atoms with Gasteiger partial charge >= 0.3 is 24.1 Å². The van der Waals surface area contributed by atoms with Crippen LogP contribution in [0.5, 0.6) is 0 Å². The number of hydrogen-bond donors (Lipinski definition) is 0. The number of carbonyl (C=O) groups is 3. The van der Waals surface area contributed by atoms with Gasteiger partial charge in [0, 0.05) is 0 Å². The molecule has 1 heterocycles. The normalized spacial score (nSPS) is 11.0. The van der Waals surface area contributed by atoms with Crippen LogP contribution in [0.25, 0.3) is 0 Å². The van der Waals surface area contributed by atoms with Crippen molar-refractivity contribution in [2.24, 2.45) is 0 Å². The van der Waals surface area contributed by atoms with Crippen LogP contribution < -0.4 is 0 Å². The maximum atomic E-state index is 13.2. The lowest BCUT2D eigenvalue weighted by Gasteiger charge is -2.18. The zero-order valence-corrected chi connectivity index (χ0v) is 12.6. The van der Waals surface area contributed by atoms with Gasteiger partial charge in [0.05, 0.1) is 38.2 Å². The average molecular weight is 353 g/mol. The predicted molar refractivity (Wildman–Crippen MR) is 68.1 cm³/mol. The van der Waals surface area contributed by atoms with Crippen molar-refractivity contribution in [2.75, 3.05) is 21.3 Å². The lowest BCUT2D eigenvalue weighted by Crippen LogP contribution is -2.26. The van der Waals surface area contributed by atoms with Crippen molar-refractivity contribution >= 4 is 17.9 Å². The second kappa shape index (κ2) is 7.23. The standard InChI is InChI=1S/C13H11F4NO6/c1-22-10(19)6-5(4-14)18-9(13(15,16)17)8(12(21)24-3)7(6)11(20)23-2/h4H2,1-3H3. The van der Waals surface area contributed by atoms with Crippen LogP contribution in [0.4, 0.5) is 17.6 Å². The van der Waals surface area contributed by atoms with Gasteiger partial charge in [-0.15, -0.1) is 0 Å². The third-order valence-electron chi connectivity index (χ3n) is 2.84. The maximum absolute atomic E-state index is 13.2. The fourth-order valence-electron chi connectivity index (χ4n) is 1.87. The molecule has 7 nitrogen and oxygen atoms in total. The number of ether oxygens (including phenoxy) is 3. The molecule has 11 heteroatoms. The Bertz CT molecular complexity index is 686. The van der Waals surface area contributed by atoms with Gasteiger partial charge in [-0.1, -0.05) is 0 Å². The number of esters is 3. The van der Waals surface area contributed by atoms with Crippen molar-refractivity contribution in [3.8, 4) is 0 Å². The van der Waals surface area contributed by atoms with Crippen molar-refractivity contribution in [1.82, 2.24) is 4.98 Å². The van der Waals surface area contributed by atoms with Gasteiger partial charge in [-0.05, 0) is 0 Å². The number of carbonyl (C=O) groups excluding carboxylic acids is 3. The molecule has 1 aromatic rings. The average Bonchev–Trinajstić information content (AvgIpc) is 2.56. The number of methoxy groups -OCH3 is 3. The second-order valence-corrected chi connectivity index (χ2v) is 4.14. The number of nitrogens with zero attached hydrogens (tertiary/aromatic N) is 1. The monoisotopic (exact) mass is 353 g/mol. The van der Waals surface area contributed by atoms with Crippen LogP contribution >= 0.6 is 0 Å². The summed E-state index contributed by atoms with van der Waals surface area (Å²) in [6, 6.07) is 0. The first-order valence-corrected chi connectivity index (χ1v) is 6.08. The Morgan fingerprint density at radius 3 is 1.67 bits per heavy atom. The molecule has 0 unspecified atom stereocenters. The van der Waals surface area contributed by atoms with E-state index in [0.717, 1.165) is 21.3 Å². The van der Waals surface area contributed by atoms with E-state index in [9.17, 15) is 31.9 Å². The summed E-state index contributed by atoms with van der Waals surface area (Å²) in [7, 11) is 2.40. The Labute approximate surface area is 132 Å². The molecule has 0 radical (unpaired) electrons. The fourth-order valence-corrected chi connectivity index (χ4v) is 1.87. The van der Waals surface area contributed by atoms with Gasteiger partial charge < -0.3 is 14.2 Å². The van der Waals surface area contributed by atoms with E-state index in [1.165, 1.54) is 0 Å². The summed E-state index contributed by atoms with van der Waals surface area (Å²) < 4.78 is 65.4. The molecule has 132 valence electrons. The van der Waals surface area contributed by atoms with Gasteiger partial charge in [-0.3, -0.25) is 0 Å². The highest BCUT2D eigenvalue weighted by Crippen LogP contribution is 2.35. The first-order chi connectivity index (χ1) is 11.1. The van der Waals surface area contributed by atoms with Gasteiger partial charge in [0.1, 0.15) is 12.2 Å². The van der Waals surface area contributed by atoms with E-state index in [1.807, 2.05) is 0 Å². The highest BCUT2D eigenvalue weighted by Gasteiger charge is 2.43. The topological polar surface area (TPSA) is 91.8 Å². The summed E-state index contributed by atoms with van der Waals surface area (Å²) in [4.78, 5) is 38.4. The Morgan fingerprint density at radius 1 is 0.875 bits per heavy atom. The van der Waals surface area contributed by atoms with Crippen molar-refractivity contribution in [1.29, 1.82) is 0 Å². The minimum absolute atomic E-state index is 0.754. The molecule has 0 fully saturated rings. The van der Waals surface area contributed by atoms with Gasteiger partial charge in [-0.2, -0.15) is 13.2 Å². The highest BCUT2D eigenvalue weighted by atomic mass is 19.4. The third-order valence-corrected chi connectivity index (χ3v) is 2.84. The zero-order valence-electron chi connectivity index (χ0n) is 12.6. The van der Waals surface area contributed by atoms with Gasteiger partial charge in [0.15, 0.2) is 5.69 Å². The summed E-state index contributed by atoms with van der Waals surface area (Å²) in [5.74, 6) is -4.46. The van der Waals surface area contributed by atoms with E-state index in [1.54, 1.807) is 0 Å². The molecule has 0 bridgehead atoms. The molecular formula is C13H11F4NO6. The second-order valence-electron chi connectivity index (χ2n) is 4.14. The van der Waals surface area contributed by atoms with Crippen LogP contribution in [0.1, 0.15) is 42.5 Å². The molecule has 0 aromatic carbocycles. The number of hydrogen-bond acceptors (Lipinski definition) is 7. The Balaban J connectivity index is 4.09. The lowest BCUT2D eigenvalue weighted by atomic mass is 9.97. The minimum atomic E-state index is -5.23. The number of aromatic nitrogens is 1. The Hall–Kier alpha value is -2.72. The molecule has 0 aliphatic heterocycles. The highest BCUT2D eigenvalue weighted by molar-refractivity contribution is 6.11. The molecule has 1 aromatic heterocycles. The Kier molecular flexibility index (Phi) is 5.83. The van der Waals surface area contributed by atoms with Gasteiger partial charge in [0.25, 0.3) is 0 Å². The number of pyridine rings is 1. The minimum Gasteiger partial charge on any atom is -0.465 e. The zero-order chi connectivity index (χ0) is 18.7. The maximum Gasteiger partial charge on any atom is 0.434 e. The van der Waals surface area contributed by atoms with Crippen LogP contribution in [0.15, 0.2) is 0 Å². The predicted octanol–water partition coefficient (Wildman–Crippen LogP) is 1.93. The van der Waals surface area contributed by atoms with E-state index < -0.39 is 58.8 Å². The number of alkyl halides is 4. The number of halogens is 4. The molecule has 0 saturated carbocycles. The van der Waals surface area contributed by atoms with Crippen molar-refractivity contribution in [2.45, 2.75) is 12.9 Å². The fraction of sp³-hybridized carbons (Fsp3) is 0.385. The van der Waals surface area contributed by atoms with Crippen LogP contribution in [-0.4, -0.2) is 44.2 Å². The van der Waals surface area contributed by atoms with Gasteiger partial charge in [0.2, 0.25) is 0 Å². The molecule has 0 N–H and O–H groups in total. The first kappa shape index (κ1) is 19.3. The van der Waals surface area contributed by atoms with E-state index in [4.69, 9.17) is 0 Å². The summed E-state index contributed by atoms with van der Waals surface area (Å²) in [6.07, 6.45) is -5.23. The smallest absolute Gasteiger partial charge is 0.434 e. The molecule has 0 amide bonds. The first-order valence-electron chi connectivity index (χ1n) is 6.08. The van der Waals surface area contributed by atoms with Crippen LogP contribution in [0.2, 0.25) is 0 Å². The third kappa shape index (κ3) is 3.44. The summed E-state index contributed by atoms with van der Waals surface area (Å²) >= 11 is 0. The molecule has 0 atom stereocenters.